The number of likely N-dealkylation sites (tertiary alicyclic amines) is 1. The van der Waals surface area contributed by atoms with Gasteiger partial charge in [-0.2, -0.15) is 0 Å². The third-order valence-electron chi connectivity index (χ3n) is 8.99. The molecule has 3 atom stereocenters. The Bertz CT molecular complexity index is 1260. The molecule has 0 spiro atoms. The van der Waals surface area contributed by atoms with E-state index in [1.54, 1.807) is 11.9 Å². The average molecular weight is 617 g/mol. The fourth-order valence-corrected chi connectivity index (χ4v) is 6.28. The molecule has 0 aliphatic carbocycles. The first-order valence-corrected chi connectivity index (χ1v) is 16.8. The second-order valence-electron chi connectivity index (χ2n) is 13.6. The lowest BCUT2D eigenvalue weighted by atomic mass is 9.95. The van der Waals surface area contributed by atoms with Crippen molar-refractivity contribution in [2.75, 3.05) is 20.1 Å². The van der Waals surface area contributed by atoms with Crippen molar-refractivity contribution in [2.24, 2.45) is 11.8 Å². The summed E-state index contributed by atoms with van der Waals surface area (Å²) in [5.41, 5.74) is 2.86. The third-order valence-corrected chi connectivity index (χ3v) is 8.99. The minimum absolute atomic E-state index is 0.0407. The first-order chi connectivity index (χ1) is 21.4. The van der Waals surface area contributed by atoms with Crippen LogP contribution in [0.2, 0.25) is 0 Å². The standard InChI is InChI=1S/C38H56N4O3/c1-27(2)34(40(8)38(45)35(28(3)4)39-36(43)33-21-15-16-23-42(33)29(5)6)25-30(7)37(44)41(26-32-19-13-10-14-20-32)24-22-31-17-11-9-12-18-31/h9-14,17-20,25,27-29,33-35H,15-16,21-24,26H2,1-8H3,(H,39,43)/b30-25+/t33?,34-,35+/m1/s1. The molecule has 3 rings (SSSR count). The Balaban J connectivity index is 1.80. The predicted octanol–water partition coefficient (Wildman–Crippen LogP) is 6.09. The molecule has 246 valence electrons. The Labute approximate surface area is 272 Å². The van der Waals surface area contributed by atoms with Crippen LogP contribution in [0.3, 0.4) is 0 Å². The molecule has 0 radical (unpaired) electrons. The first-order valence-electron chi connectivity index (χ1n) is 16.8. The summed E-state index contributed by atoms with van der Waals surface area (Å²) in [6, 6.07) is 19.3. The maximum Gasteiger partial charge on any atom is 0.249 e. The van der Waals surface area contributed by atoms with Gasteiger partial charge in [0.25, 0.3) is 0 Å². The van der Waals surface area contributed by atoms with E-state index in [0.717, 1.165) is 37.8 Å². The van der Waals surface area contributed by atoms with E-state index in [9.17, 15) is 14.4 Å². The quantitative estimate of drug-likeness (QED) is 0.261. The zero-order valence-electron chi connectivity index (χ0n) is 28.8. The zero-order valence-corrected chi connectivity index (χ0v) is 28.8. The molecule has 0 bridgehead atoms. The van der Waals surface area contributed by atoms with Crippen molar-refractivity contribution in [1.29, 1.82) is 0 Å². The van der Waals surface area contributed by atoms with Gasteiger partial charge in [0, 0.05) is 31.8 Å². The summed E-state index contributed by atoms with van der Waals surface area (Å²) >= 11 is 0. The van der Waals surface area contributed by atoms with Gasteiger partial charge in [0.05, 0.1) is 12.1 Å². The fourth-order valence-electron chi connectivity index (χ4n) is 6.28. The fraction of sp³-hybridized carbons (Fsp3) is 0.553. The lowest BCUT2D eigenvalue weighted by Crippen LogP contribution is -2.58. The normalized spacial score (nSPS) is 17.3. The second-order valence-corrected chi connectivity index (χ2v) is 13.6. The summed E-state index contributed by atoms with van der Waals surface area (Å²) in [6.45, 7) is 16.2. The van der Waals surface area contributed by atoms with Crippen molar-refractivity contribution in [2.45, 2.75) is 105 Å². The number of carbonyl (C=O) groups is 3. The van der Waals surface area contributed by atoms with Crippen LogP contribution in [-0.4, -0.2) is 76.7 Å². The van der Waals surface area contributed by atoms with Crippen LogP contribution in [-0.2, 0) is 27.3 Å². The van der Waals surface area contributed by atoms with Crippen LogP contribution < -0.4 is 5.32 Å². The highest BCUT2D eigenvalue weighted by atomic mass is 16.2. The molecule has 0 aromatic heterocycles. The maximum atomic E-state index is 14.0. The van der Waals surface area contributed by atoms with Crippen molar-refractivity contribution < 1.29 is 14.4 Å². The SMILES string of the molecule is C/C(=C\[C@H](C(C)C)N(C)C(=O)[C@@H](NC(=O)C1CCCCN1C(C)C)C(C)C)C(=O)N(CCc1ccccc1)Cc1ccccc1. The van der Waals surface area contributed by atoms with Gasteiger partial charge in [-0.1, -0.05) is 101 Å². The van der Waals surface area contributed by atoms with Crippen LogP contribution >= 0.6 is 0 Å². The van der Waals surface area contributed by atoms with E-state index < -0.39 is 6.04 Å². The minimum atomic E-state index is -0.649. The van der Waals surface area contributed by atoms with E-state index >= 15 is 0 Å². The molecule has 2 aromatic carbocycles. The lowest BCUT2D eigenvalue weighted by Gasteiger charge is -2.39. The van der Waals surface area contributed by atoms with Crippen LogP contribution in [0.5, 0.6) is 0 Å². The van der Waals surface area contributed by atoms with E-state index in [1.807, 2.05) is 80.3 Å². The first kappa shape index (κ1) is 36.0. The monoisotopic (exact) mass is 616 g/mol. The largest absolute Gasteiger partial charge is 0.343 e. The number of amides is 3. The van der Waals surface area contributed by atoms with Crippen LogP contribution in [0.1, 0.15) is 78.9 Å². The highest BCUT2D eigenvalue weighted by Gasteiger charge is 2.36. The summed E-state index contributed by atoms with van der Waals surface area (Å²) in [6.07, 6.45) is 5.60. The van der Waals surface area contributed by atoms with Crippen molar-refractivity contribution in [3.05, 3.63) is 83.4 Å². The third kappa shape index (κ3) is 10.3. The summed E-state index contributed by atoms with van der Waals surface area (Å²) < 4.78 is 0. The topological polar surface area (TPSA) is 73.0 Å². The number of benzene rings is 2. The molecule has 45 heavy (non-hydrogen) atoms. The van der Waals surface area contributed by atoms with E-state index in [2.05, 4.69) is 50.0 Å². The number of nitrogens with one attached hydrogen (secondary N) is 1. The number of likely N-dealkylation sites (N-methyl/N-ethyl adjacent to an activating group) is 1. The van der Waals surface area contributed by atoms with E-state index in [0.29, 0.717) is 18.7 Å². The van der Waals surface area contributed by atoms with E-state index in [-0.39, 0.29) is 47.7 Å². The highest BCUT2D eigenvalue weighted by molar-refractivity contribution is 5.93. The molecule has 1 saturated heterocycles. The van der Waals surface area contributed by atoms with Gasteiger partial charge >= 0.3 is 0 Å². The molecular formula is C38H56N4O3. The zero-order chi connectivity index (χ0) is 33.1. The smallest absolute Gasteiger partial charge is 0.249 e. The molecular weight excluding hydrogens is 560 g/mol. The van der Waals surface area contributed by atoms with Crippen LogP contribution in [0.4, 0.5) is 0 Å². The number of hydrogen-bond acceptors (Lipinski definition) is 4. The van der Waals surface area contributed by atoms with Gasteiger partial charge in [0.15, 0.2) is 0 Å². The summed E-state index contributed by atoms with van der Waals surface area (Å²) in [7, 11) is 1.79. The Morgan fingerprint density at radius 1 is 0.889 bits per heavy atom. The molecule has 1 fully saturated rings. The minimum Gasteiger partial charge on any atom is -0.343 e. The highest BCUT2D eigenvalue weighted by Crippen LogP contribution is 2.22. The van der Waals surface area contributed by atoms with Crippen LogP contribution in [0.25, 0.3) is 0 Å². The van der Waals surface area contributed by atoms with Gasteiger partial charge in [0.2, 0.25) is 17.7 Å². The van der Waals surface area contributed by atoms with Crippen molar-refractivity contribution in [3.63, 3.8) is 0 Å². The number of piperidine rings is 1. The summed E-state index contributed by atoms with van der Waals surface area (Å²) in [5, 5.41) is 3.13. The summed E-state index contributed by atoms with van der Waals surface area (Å²) in [5.74, 6) is -0.265. The molecule has 1 unspecified atom stereocenters. The predicted molar refractivity (Wildman–Crippen MR) is 183 cm³/mol. The maximum absolute atomic E-state index is 14.0. The van der Waals surface area contributed by atoms with E-state index in [4.69, 9.17) is 0 Å². The molecule has 2 aromatic rings. The Morgan fingerprint density at radius 2 is 1.49 bits per heavy atom. The van der Waals surface area contributed by atoms with Crippen molar-refractivity contribution in [3.8, 4) is 0 Å². The number of carbonyl (C=O) groups excluding carboxylic acids is 3. The van der Waals surface area contributed by atoms with Gasteiger partial charge in [0.1, 0.15) is 6.04 Å². The molecule has 7 heteroatoms. The van der Waals surface area contributed by atoms with Gasteiger partial charge in [-0.05, 0) is 69.5 Å². The number of rotatable bonds is 14. The van der Waals surface area contributed by atoms with Crippen LogP contribution in [0, 0.1) is 11.8 Å². The molecule has 7 nitrogen and oxygen atoms in total. The van der Waals surface area contributed by atoms with Crippen molar-refractivity contribution >= 4 is 17.7 Å². The summed E-state index contributed by atoms with van der Waals surface area (Å²) in [4.78, 5) is 47.4. The van der Waals surface area contributed by atoms with Crippen molar-refractivity contribution in [1.82, 2.24) is 20.0 Å². The van der Waals surface area contributed by atoms with Gasteiger partial charge < -0.3 is 15.1 Å². The molecule has 1 heterocycles. The van der Waals surface area contributed by atoms with Gasteiger partial charge in [-0.3, -0.25) is 19.3 Å². The molecule has 1 aliphatic heterocycles. The average Bonchev–Trinajstić information content (AvgIpc) is 3.03. The van der Waals surface area contributed by atoms with Crippen LogP contribution in [0.15, 0.2) is 72.3 Å². The molecule has 0 saturated carbocycles. The van der Waals surface area contributed by atoms with Gasteiger partial charge in [-0.25, -0.2) is 0 Å². The lowest BCUT2D eigenvalue weighted by molar-refractivity contribution is -0.140. The number of hydrogen-bond donors (Lipinski definition) is 1. The second kappa shape index (κ2) is 17.3. The van der Waals surface area contributed by atoms with Gasteiger partial charge in [-0.15, -0.1) is 0 Å². The Kier molecular flexibility index (Phi) is 13.8. The number of nitrogens with zero attached hydrogens (tertiary/aromatic N) is 3. The Morgan fingerprint density at radius 3 is 2.04 bits per heavy atom. The molecule has 1 aliphatic rings. The molecule has 1 N–H and O–H groups in total. The Hall–Kier alpha value is -3.45. The molecule has 3 amide bonds. The van der Waals surface area contributed by atoms with E-state index in [1.165, 1.54) is 5.56 Å².